The van der Waals surface area contributed by atoms with E-state index >= 15 is 0 Å². The summed E-state index contributed by atoms with van der Waals surface area (Å²) in [5.74, 6) is -0.733. The van der Waals surface area contributed by atoms with E-state index in [-0.39, 0.29) is 0 Å². The van der Waals surface area contributed by atoms with Gasteiger partial charge >= 0.3 is 11.6 Å². The van der Waals surface area contributed by atoms with Crippen LogP contribution in [-0.2, 0) is 11.2 Å². The van der Waals surface area contributed by atoms with Crippen LogP contribution in [-0.4, -0.2) is 11.1 Å². The molecule has 0 fully saturated rings. The average molecular weight is 414 g/mol. The first-order valence-corrected chi connectivity index (χ1v) is 10.00. The molecule has 5 nitrogen and oxygen atoms in total. The van der Waals surface area contributed by atoms with Gasteiger partial charge in [-0.25, -0.2) is 9.59 Å². The molecule has 4 rings (SSSR count). The van der Waals surface area contributed by atoms with Crippen LogP contribution in [0.3, 0.4) is 0 Å². The lowest BCUT2D eigenvalue weighted by Crippen LogP contribution is -2.18. The molecule has 1 heterocycles. The first-order valence-electron chi connectivity index (χ1n) is 10.00. The predicted octanol–water partition coefficient (Wildman–Crippen LogP) is 5.21. The third kappa shape index (κ3) is 4.08. The first-order chi connectivity index (χ1) is 15.0. The lowest BCUT2D eigenvalue weighted by molar-refractivity contribution is -0.145. The molecule has 3 aromatic carbocycles. The Labute approximate surface area is 179 Å². The molecule has 0 unspecified atom stereocenters. The van der Waals surface area contributed by atoms with E-state index in [0.29, 0.717) is 34.4 Å². The van der Waals surface area contributed by atoms with Crippen molar-refractivity contribution in [2.24, 2.45) is 0 Å². The number of benzene rings is 3. The quantitative estimate of drug-likeness (QED) is 0.439. The van der Waals surface area contributed by atoms with E-state index in [0.717, 1.165) is 16.5 Å². The minimum absolute atomic E-state index is 0.363. The van der Waals surface area contributed by atoms with Crippen LogP contribution in [0.25, 0.3) is 11.0 Å². The fraction of sp³-hybridized carbons (Fsp3) is 0.154. The van der Waals surface area contributed by atoms with E-state index in [4.69, 9.17) is 9.15 Å². The normalized spacial score (nSPS) is 11.9. The highest BCUT2D eigenvalue weighted by molar-refractivity contribution is 5.86. The Balaban J connectivity index is 1.75. The van der Waals surface area contributed by atoms with Crippen molar-refractivity contribution < 1.29 is 19.1 Å². The smallest absolute Gasteiger partial charge is 0.349 e. The number of aryl methyl sites for hydroxylation is 2. The molecule has 0 radical (unpaired) electrons. The summed E-state index contributed by atoms with van der Waals surface area (Å²) in [7, 11) is 0. The van der Waals surface area contributed by atoms with Crippen molar-refractivity contribution in [3.63, 3.8) is 0 Å². The van der Waals surface area contributed by atoms with Crippen LogP contribution < -0.4 is 10.4 Å². The van der Waals surface area contributed by atoms with Gasteiger partial charge in [-0.05, 0) is 37.1 Å². The zero-order valence-corrected chi connectivity index (χ0v) is 17.3. The molecule has 0 saturated carbocycles. The van der Waals surface area contributed by atoms with E-state index in [9.17, 15) is 14.7 Å². The van der Waals surface area contributed by atoms with Crippen molar-refractivity contribution in [2.75, 3.05) is 0 Å². The maximum absolute atomic E-state index is 12.8. The number of hydrogen-bond acceptors (Lipinski definition) is 4. The lowest BCUT2D eigenvalue weighted by Gasteiger charge is -2.18. The SMILES string of the molecule is Cc1c(Cc2ccccc2)c(=O)oc2c(C)c(O[C@@H](C(=O)O)c3ccccc3)ccc12. The summed E-state index contributed by atoms with van der Waals surface area (Å²) in [4.78, 5) is 24.6. The fourth-order valence-corrected chi connectivity index (χ4v) is 3.72. The van der Waals surface area contributed by atoms with Crippen LogP contribution in [0.15, 0.2) is 82.0 Å². The maximum atomic E-state index is 12.8. The molecule has 0 aliphatic heterocycles. The van der Waals surface area contributed by atoms with Gasteiger partial charge in [-0.2, -0.15) is 0 Å². The molecule has 0 saturated heterocycles. The monoisotopic (exact) mass is 414 g/mol. The number of ether oxygens (including phenoxy) is 1. The highest BCUT2D eigenvalue weighted by Gasteiger charge is 2.24. The number of rotatable bonds is 6. The van der Waals surface area contributed by atoms with Gasteiger partial charge in [-0.3, -0.25) is 0 Å². The third-order valence-corrected chi connectivity index (χ3v) is 5.45. The summed E-state index contributed by atoms with van der Waals surface area (Å²) in [5.41, 5.74) is 3.63. The minimum Gasteiger partial charge on any atom is -0.478 e. The highest BCUT2D eigenvalue weighted by Crippen LogP contribution is 2.32. The molecule has 31 heavy (non-hydrogen) atoms. The topological polar surface area (TPSA) is 76.7 Å². The molecule has 4 aromatic rings. The van der Waals surface area contributed by atoms with Crippen molar-refractivity contribution in [3.8, 4) is 5.75 Å². The van der Waals surface area contributed by atoms with Crippen molar-refractivity contribution in [2.45, 2.75) is 26.4 Å². The van der Waals surface area contributed by atoms with Gasteiger partial charge in [0.05, 0.1) is 0 Å². The fourth-order valence-electron chi connectivity index (χ4n) is 3.72. The standard InChI is InChI=1S/C26H22O5/c1-16-20-13-14-22(30-24(25(27)28)19-11-7-4-8-12-19)17(2)23(20)31-26(29)21(16)15-18-9-5-3-6-10-18/h3-14,24H,15H2,1-2H3,(H,27,28)/t24-/m1/s1. The molecular weight excluding hydrogens is 392 g/mol. The van der Waals surface area contributed by atoms with Crippen molar-refractivity contribution in [1.82, 2.24) is 0 Å². The zero-order chi connectivity index (χ0) is 22.0. The molecule has 1 N–H and O–H groups in total. The Hall–Kier alpha value is -3.86. The van der Waals surface area contributed by atoms with E-state index < -0.39 is 17.7 Å². The van der Waals surface area contributed by atoms with Crippen LogP contribution in [0, 0.1) is 13.8 Å². The van der Waals surface area contributed by atoms with E-state index in [1.807, 2.05) is 49.4 Å². The molecule has 0 amide bonds. The number of fused-ring (bicyclic) bond motifs is 1. The number of carboxylic acid groups (broad SMARTS) is 1. The van der Waals surface area contributed by atoms with Crippen molar-refractivity contribution >= 4 is 16.9 Å². The van der Waals surface area contributed by atoms with Gasteiger partial charge in [0.25, 0.3) is 0 Å². The van der Waals surface area contributed by atoms with E-state index in [1.54, 1.807) is 37.3 Å². The summed E-state index contributed by atoms with van der Waals surface area (Å²) in [6.07, 6.45) is -0.681. The van der Waals surface area contributed by atoms with E-state index in [2.05, 4.69) is 0 Å². The second-order valence-electron chi connectivity index (χ2n) is 7.47. The number of hydrogen-bond donors (Lipinski definition) is 1. The number of aliphatic carboxylic acids is 1. The predicted molar refractivity (Wildman–Crippen MR) is 119 cm³/mol. The Morgan fingerprint density at radius 1 is 0.935 bits per heavy atom. The van der Waals surface area contributed by atoms with Gasteiger partial charge < -0.3 is 14.3 Å². The summed E-state index contributed by atoms with van der Waals surface area (Å²) < 4.78 is 11.5. The molecular formula is C26H22O5. The highest BCUT2D eigenvalue weighted by atomic mass is 16.5. The summed E-state index contributed by atoms with van der Waals surface area (Å²) >= 11 is 0. The van der Waals surface area contributed by atoms with Crippen LogP contribution in [0.4, 0.5) is 0 Å². The lowest BCUT2D eigenvalue weighted by atomic mass is 9.98. The largest absolute Gasteiger partial charge is 0.478 e. The van der Waals surface area contributed by atoms with Gasteiger partial charge in [0.2, 0.25) is 6.10 Å². The van der Waals surface area contributed by atoms with Crippen LogP contribution >= 0.6 is 0 Å². The van der Waals surface area contributed by atoms with Gasteiger partial charge in [0.1, 0.15) is 11.3 Å². The van der Waals surface area contributed by atoms with Crippen molar-refractivity contribution in [3.05, 3.63) is 111 Å². The van der Waals surface area contributed by atoms with Gasteiger partial charge in [0, 0.05) is 28.5 Å². The molecule has 0 aliphatic carbocycles. The van der Waals surface area contributed by atoms with Crippen molar-refractivity contribution in [1.29, 1.82) is 0 Å². The molecule has 0 bridgehead atoms. The number of carbonyl (C=O) groups is 1. The number of carboxylic acids is 1. The summed E-state index contributed by atoms with van der Waals surface area (Å²) in [6.45, 7) is 3.67. The molecule has 156 valence electrons. The average Bonchev–Trinajstić information content (AvgIpc) is 2.78. The molecule has 1 aromatic heterocycles. The van der Waals surface area contributed by atoms with Crippen LogP contribution in [0.2, 0.25) is 0 Å². The molecule has 0 spiro atoms. The maximum Gasteiger partial charge on any atom is 0.349 e. The zero-order valence-electron chi connectivity index (χ0n) is 17.3. The second kappa shape index (κ2) is 8.48. The molecule has 5 heteroatoms. The molecule has 0 aliphatic rings. The Kier molecular flexibility index (Phi) is 5.58. The van der Waals surface area contributed by atoms with Gasteiger partial charge in [-0.1, -0.05) is 60.7 Å². The Morgan fingerprint density at radius 3 is 2.23 bits per heavy atom. The summed E-state index contributed by atoms with van der Waals surface area (Å²) in [6, 6.07) is 22.0. The summed E-state index contributed by atoms with van der Waals surface area (Å²) in [5, 5.41) is 10.5. The third-order valence-electron chi connectivity index (χ3n) is 5.45. The van der Waals surface area contributed by atoms with Crippen LogP contribution in [0.1, 0.15) is 33.9 Å². The van der Waals surface area contributed by atoms with E-state index in [1.165, 1.54) is 0 Å². The van der Waals surface area contributed by atoms with Gasteiger partial charge in [-0.15, -0.1) is 0 Å². The second-order valence-corrected chi connectivity index (χ2v) is 7.47. The Morgan fingerprint density at radius 2 is 1.58 bits per heavy atom. The minimum atomic E-state index is -1.16. The van der Waals surface area contributed by atoms with Gasteiger partial charge in [0.15, 0.2) is 0 Å². The molecule has 1 atom stereocenters. The Bertz CT molecular complexity index is 1290. The van der Waals surface area contributed by atoms with Crippen LogP contribution in [0.5, 0.6) is 5.75 Å². The first kappa shape index (κ1) is 20.4.